The fraction of sp³-hybridized carbons (Fsp3) is 0.533. The molecule has 0 aliphatic rings. The molecule has 0 amide bonds. The number of hydrogen-bond acceptors (Lipinski definition) is 5. The van der Waals surface area contributed by atoms with Gasteiger partial charge in [-0.05, 0) is 31.5 Å². The van der Waals surface area contributed by atoms with Gasteiger partial charge in [0.2, 0.25) is 0 Å². The lowest BCUT2D eigenvalue weighted by Gasteiger charge is -2.21. The Morgan fingerprint density at radius 2 is 2.05 bits per heavy atom. The SMILES string of the molecule is CC(C)C(N)CCN(C)Cn1nnc2ccccc2c1=O. The molecule has 1 atom stereocenters. The lowest BCUT2D eigenvalue weighted by Crippen LogP contribution is -2.36. The smallest absolute Gasteiger partial charge is 0.278 e. The first-order valence-corrected chi connectivity index (χ1v) is 7.25. The number of aromatic nitrogens is 3. The third-order valence-electron chi connectivity index (χ3n) is 3.71. The molecule has 0 bridgehead atoms. The van der Waals surface area contributed by atoms with E-state index in [0.717, 1.165) is 13.0 Å². The molecule has 1 aromatic carbocycles. The number of nitrogens with zero attached hydrogens (tertiary/aromatic N) is 4. The Morgan fingerprint density at radius 1 is 1.33 bits per heavy atom. The monoisotopic (exact) mass is 289 g/mol. The lowest BCUT2D eigenvalue weighted by molar-refractivity contribution is 0.229. The summed E-state index contributed by atoms with van der Waals surface area (Å²) in [5, 5.41) is 8.67. The molecule has 0 fully saturated rings. The van der Waals surface area contributed by atoms with Gasteiger partial charge in [-0.3, -0.25) is 9.69 Å². The maximum atomic E-state index is 12.3. The number of rotatable bonds is 6. The zero-order valence-electron chi connectivity index (χ0n) is 12.9. The predicted molar refractivity (Wildman–Crippen MR) is 83.9 cm³/mol. The van der Waals surface area contributed by atoms with Crippen LogP contribution in [0.1, 0.15) is 20.3 Å². The van der Waals surface area contributed by atoms with Crippen molar-refractivity contribution >= 4 is 10.9 Å². The van der Waals surface area contributed by atoms with Crippen molar-refractivity contribution in [3.63, 3.8) is 0 Å². The molecule has 0 spiro atoms. The van der Waals surface area contributed by atoms with E-state index in [0.29, 0.717) is 23.5 Å². The first-order chi connectivity index (χ1) is 9.99. The van der Waals surface area contributed by atoms with Gasteiger partial charge >= 0.3 is 0 Å². The molecule has 6 nitrogen and oxygen atoms in total. The Bertz CT molecular complexity index is 652. The van der Waals surface area contributed by atoms with Crippen LogP contribution in [0, 0.1) is 5.92 Å². The van der Waals surface area contributed by atoms with Crippen LogP contribution in [0.3, 0.4) is 0 Å². The minimum Gasteiger partial charge on any atom is -0.327 e. The minimum absolute atomic E-state index is 0.111. The summed E-state index contributed by atoms with van der Waals surface area (Å²) in [5.74, 6) is 0.460. The second kappa shape index (κ2) is 6.78. The molecule has 21 heavy (non-hydrogen) atoms. The van der Waals surface area contributed by atoms with Crippen LogP contribution in [0.5, 0.6) is 0 Å². The summed E-state index contributed by atoms with van der Waals surface area (Å²) in [6, 6.07) is 7.42. The summed E-state index contributed by atoms with van der Waals surface area (Å²) in [6.45, 7) is 5.47. The Morgan fingerprint density at radius 3 is 2.76 bits per heavy atom. The zero-order chi connectivity index (χ0) is 15.4. The van der Waals surface area contributed by atoms with Gasteiger partial charge in [-0.2, -0.15) is 4.68 Å². The predicted octanol–water partition coefficient (Wildman–Crippen LogP) is 1.05. The van der Waals surface area contributed by atoms with Crippen molar-refractivity contribution in [3.8, 4) is 0 Å². The first-order valence-electron chi connectivity index (χ1n) is 7.25. The van der Waals surface area contributed by atoms with Crippen LogP contribution in [0.15, 0.2) is 29.1 Å². The largest absolute Gasteiger partial charge is 0.327 e. The second-order valence-corrected chi connectivity index (χ2v) is 5.83. The third-order valence-corrected chi connectivity index (χ3v) is 3.71. The molecule has 0 radical (unpaired) electrons. The maximum Gasteiger partial charge on any atom is 0.278 e. The highest BCUT2D eigenvalue weighted by Crippen LogP contribution is 2.05. The Balaban J connectivity index is 2.06. The zero-order valence-corrected chi connectivity index (χ0v) is 12.9. The standard InChI is InChI=1S/C15H23N5O/c1-11(2)13(16)8-9-19(3)10-20-15(21)12-6-4-5-7-14(12)17-18-20/h4-7,11,13H,8-10,16H2,1-3H3. The van der Waals surface area contributed by atoms with Crippen LogP contribution < -0.4 is 11.3 Å². The molecule has 6 heteroatoms. The fourth-order valence-electron chi connectivity index (χ4n) is 2.12. The van der Waals surface area contributed by atoms with Gasteiger partial charge in [0.1, 0.15) is 5.52 Å². The van der Waals surface area contributed by atoms with Gasteiger partial charge in [0, 0.05) is 12.6 Å². The van der Waals surface area contributed by atoms with Gasteiger partial charge in [-0.25, -0.2) is 0 Å². The summed E-state index contributed by atoms with van der Waals surface area (Å²) in [6.07, 6.45) is 0.893. The van der Waals surface area contributed by atoms with Crippen molar-refractivity contribution < 1.29 is 0 Å². The van der Waals surface area contributed by atoms with E-state index in [1.807, 2.05) is 24.1 Å². The van der Waals surface area contributed by atoms with Crippen molar-refractivity contribution in [2.45, 2.75) is 33.0 Å². The topological polar surface area (TPSA) is 77.0 Å². The van der Waals surface area contributed by atoms with E-state index in [1.54, 1.807) is 12.1 Å². The molecule has 2 N–H and O–H groups in total. The summed E-state index contributed by atoms with van der Waals surface area (Å²) >= 11 is 0. The molecule has 2 rings (SSSR count). The highest BCUT2D eigenvalue weighted by Gasteiger charge is 2.11. The van der Waals surface area contributed by atoms with Gasteiger partial charge < -0.3 is 5.73 Å². The Labute approximate surface area is 124 Å². The van der Waals surface area contributed by atoms with Crippen LogP contribution in [-0.4, -0.2) is 39.5 Å². The van der Waals surface area contributed by atoms with E-state index < -0.39 is 0 Å². The minimum atomic E-state index is -0.111. The van der Waals surface area contributed by atoms with E-state index in [2.05, 4.69) is 24.2 Å². The van der Waals surface area contributed by atoms with E-state index in [9.17, 15) is 4.79 Å². The van der Waals surface area contributed by atoms with Crippen molar-refractivity contribution in [1.82, 2.24) is 19.9 Å². The van der Waals surface area contributed by atoms with E-state index in [-0.39, 0.29) is 11.6 Å². The van der Waals surface area contributed by atoms with Crippen molar-refractivity contribution in [1.29, 1.82) is 0 Å². The number of fused-ring (bicyclic) bond motifs is 1. The molecule has 0 saturated heterocycles. The third kappa shape index (κ3) is 3.86. The molecule has 1 unspecified atom stereocenters. The van der Waals surface area contributed by atoms with Crippen LogP contribution in [-0.2, 0) is 6.67 Å². The van der Waals surface area contributed by atoms with E-state index >= 15 is 0 Å². The second-order valence-electron chi connectivity index (χ2n) is 5.83. The molecular formula is C15H23N5O. The molecular weight excluding hydrogens is 266 g/mol. The number of benzene rings is 1. The first kappa shape index (κ1) is 15.6. The van der Waals surface area contributed by atoms with Crippen molar-refractivity contribution in [2.24, 2.45) is 11.7 Å². The molecule has 0 aliphatic carbocycles. The number of hydrogen-bond donors (Lipinski definition) is 1. The summed E-state index contributed by atoms with van der Waals surface area (Å²) in [5.41, 5.74) is 6.56. The molecule has 2 aromatic rings. The highest BCUT2D eigenvalue weighted by atomic mass is 16.1. The van der Waals surface area contributed by atoms with E-state index in [1.165, 1.54) is 4.68 Å². The van der Waals surface area contributed by atoms with Gasteiger partial charge in [0.15, 0.2) is 0 Å². The van der Waals surface area contributed by atoms with Crippen molar-refractivity contribution in [2.75, 3.05) is 13.6 Å². The normalized spacial score (nSPS) is 13.2. The average Bonchev–Trinajstić information content (AvgIpc) is 2.48. The summed E-state index contributed by atoms with van der Waals surface area (Å²) < 4.78 is 1.39. The molecule has 114 valence electrons. The lowest BCUT2D eigenvalue weighted by atomic mass is 10.0. The summed E-state index contributed by atoms with van der Waals surface area (Å²) in [7, 11) is 1.95. The van der Waals surface area contributed by atoms with Gasteiger partial charge in [0.25, 0.3) is 5.56 Å². The van der Waals surface area contributed by atoms with Crippen LogP contribution in [0.2, 0.25) is 0 Å². The van der Waals surface area contributed by atoms with Gasteiger partial charge in [-0.1, -0.05) is 31.2 Å². The number of nitrogens with two attached hydrogens (primary N) is 1. The summed E-state index contributed by atoms with van der Waals surface area (Å²) in [4.78, 5) is 14.4. The van der Waals surface area contributed by atoms with Crippen LogP contribution >= 0.6 is 0 Å². The average molecular weight is 289 g/mol. The Hall–Kier alpha value is -1.79. The molecule has 0 saturated carbocycles. The van der Waals surface area contributed by atoms with Crippen molar-refractivity contribution in [3.05, 3.63) is 34.6 Å². The van der Waals surface area contributed by atoms with Gasteiger partial charge in [0.05, 0.1) is 12.1 Å². The van der Waals surface area contributed by atoms with E-state index in [4.69, 9.17) is 5.73 Å². The van der Waals surface area contributed by atoms with Crippen LogP contribution in [0.25, 0.3) is 10.9 Å². The Kier molecular flexibility index (Phi) is 5.03. The highest BCUT2D eigenvalue weighted by molar-refractivity contribution is 5.76. The molecule has 1 heterocycles. The maximum absolute atomic E-state index is 12.3. The molecule has 1 aromatic heterocycles. The fourth-order valence-corrected chi connectivity index (χ4v) is 2.12. The van der Waals surface area contributed by atoms with Gasteiger partial charge in [-0.15, -0.1) is 5.10 Å². The molecule has 0 aliphatic heterocycles. The quantitative estimate of drug-likeness (QED) is 0.860. The van der Waals surface area contributed by atoms with Crippen LogP contribution in [0.4, 0.5) is 0 Å².